The number of rotatable bonds is 2. The lowest BCUT2D eigenvalue weighted by Crippen LogP contribution is -2.49. The van der Waals surface area contributed by atoms with Gasteiger partial charge in [-0.1, -0.05) is 12.1 Å². The lowest BCUT2D eigenvalue weighted by atomic mass is 9.82. The zero-order chi connectivity index (χ0) is 11.6. The maximum Gasteiger partial charge on any atom is 0.123 e. The van der Waals surface area contributed by atoms with Crippen LogP contribution in [0.2, 0.25) is 0 Å². The molecule has 1 aromatic rings. The van der Waals surface area contributed by atoms with E-state index >= 15 is 0 Å². The summed E-state index contributed by atoms with van der Waals surface area (Å²) in [6, 6.07) is 5.58. The third-order valence-electron chi connectivity index (χ3n) is 3.28. The van der Waals surface area contributed by atoms with Crippen molar-refractivity contribution in [1.82, 2.24) is 5.32 Å². The number of hydrogen-bond donors (Lipinski definition) is 3. The van der Waals surface area contributed by atoms with Gasteiger partial charge in [0.15, 0.2) is 0 Å². The van der Waals surface area contributed by atoms with Crippen molar-refractivity contribution >= 4 is 0 Å². The van der Waals surface area contributed by atoms with Crippen molar-refractivity contribution in [3.8, 4) is 0 Å². The van der Waals surface area contributed by atoms with Crippen LogP contribution in [-0.4, -0.2) is 23.8 Å². The Morgan fingerprint density at radius 1 is 1.25 bits per heavy atom. The van der Waals surface area contributed by atoms with Crippen LogP contribution in [0.25, 0.3) is 0 Å². The van der Waals surface area contributed by atoms with Crippen LogP contribution in [0.3, 0.4) is 0 Å². The first-order valence-corrected chi connectivity index (χ1v) is 5.56. The lowest BCUT2D eigenvalue weighted by Gasteiger charge is -2.37. The van der Waals surface area contributed by atoms with E-state index in [1.807, 2.05) is 0 Å². The van der Waals surface area contributed by atoms with Crippen LogP contribution in [0.1, 0.15) is 24.4 Å². The standard InChI is InChI=1S/C12H17FN2O/c13-10-3-1-9(2-4-10)11(14)12(16)5-7-15-8-6-12/h1-4,11,15-16H,5-8,14H2. The molecule has 1 saturated heterocycles. The molecule has 0 aliphatic carbocycles. The zero-order valence-electron chi connectivity index (χ0n) is 9.12. The van der Waals surface area contributed by atoms with Crippen molar-refractivity contribution in [2.75, 3.05) is 13.1 Å². The molecule has 2 rings (SSSR count). The highest BCUT2D eigenvalue weighted by Gasteiger charge is 2.36. The summed E-state index contributed by atoms with van der Waals surface area (Å²) in [4.78, 5) is 0. The SMILES string of the molecule is NC(c1ccc(F)cc1)C1(O)CCNCC1. The van der Waals surface area contributed by atoms with E-state index < -0.39 is 11.6 Å². The Bertz CT molecular complexity index is 347. The molecular weight excluding hydrogens is 207 g/mol. The summed E-state index contributed by atoms with van der Waals surface area (Å²) in [6.07, 6.45) is 1.26. The highest BCUT2D eigenvalue weighted by molar-refractivity contribution is 5.22. The van der Waals surface area contributed by atoms with Gasteiger partial charge in [0.1, 0.15) is 5.82 Å². The average molecular weight is 224 g/mol. The van der Waals surface area contributed by atoms with Crippen molar-refractivity contribution in [3.05, 3.63) is 35.6 Å². The van der Waals surface area contributed by atoms with Crippen molar-refractivity contribution in [2.45, 2.75) is 24.5 Å². The molecule has 0 bridgehead atoms. The van der Waals surface area contributed by atoms with Gasteiger partial charge in [-0.3, -0.25) is 0 Å². The third kappa shape index (κ3) is 2.24. The Hall–Kier alpha value is -0.970. The Kier molecular flexibility index (Phi) is 3.23. The summed E-state index contributed by atoms with van der Waals surface area (Å²) in [5, 5.41) is 13.6. The molecular formula is C12H17FN2O. The minimum Gasteiger partial charge on any atom is -0.388 e. The molecule has 3 nitrogen and oxygen atoms in total. The van der Waals surface area contributed by atoms with E-state index in [-0.39, 0.29) is 5.82 Å². The van der Waals surface area contributed by atoms with E-state index in [0.29, 0.717) is 12.8 Å². The Balaban J connectivity index is 2.16. The number of aliphatic hydroxyl groups is 1. The number of benzene rings is 1. The molecule has 1 fully saturated rings. The van der Waals surface area contributed by atoms with Gasteiger partial charge in [0, 0.05) is 0 Å². The molecule has 1 aliphatic rings. The lowest BCUT2D eigenvalue weighted by molar-refractivity contribution is -0.0143. The largest absolute Gasteiger partial charge is 0.388 e. The first-order chi connectivity index (χ1) is 7.62. The molecule has 1 unspecified atom stereocenters. The van der Waals surface area contributed by atoms with Crippen molar-refractivity contribution < 1.29 is 9.50 Å². The molecule has 4 heteroatoms. The van der Waals surface area contributed by atoms with Gasteiger partial charge in [-0.2, -0.15) is 0 Å². The first kappa shape index (κ1) is 11.5. The van der Waals surface area contributed by atoms with Gasteiger partial charge in [-0.25, -0.2) is 4.39 Å². The van der Waals surface area contributed by atoms with Crippen molar-refractivity contribution in [3.63, 3.8) is 0 Å². The minimum atomic E-state index is -0.872. The van der Waals surface area contributed by atoms with E-state index in [0.717, 1.165) is 18.7 Å². The number of piperidine rings is 1. The van der Waals surface area contributed by atoms with Gasteiger partial charge in [0.05, 0.1) is 11.6 Å². The molecule has 0 aromatic heterocycles. The second-order valence-electron chi connectivity index (χ2n) is 4.38. The molecule has 0 saturated carbocycles. The maximum atomic E-state index is 12.8. The highest BCUT2D eigenvalue weighted by Crippen LogP contribution is 2.31. The van der Waals surface area contributed by atoms with Crippen LogP contribution < -0.4 is 11.1 Å². The van der Waals surface area contributed by atoms with Crippen LogP contribution in [0.5, 0.6) is 0 Å². The van der Waals surface area contributed by atoms with Crippen LogP contribution in [0.15, 0.2) is 24.3 Å². The van der Waals surface area contributed by atoms with Crippen LogP contribution >= 0.6 is 0 Å². The molecule has 88 valence electrons. The minimum absolute atomic E-state index is 0.284. The van der Waals surface area contributed by atoms with E-state index in [1.165, 1.54) is 12.1 Å². The molecule has 1 aromatic carbocycles. The fourth-order valence-corrected chi connectivity index (χ4v) is 2.15. The average Bonchev–Trinajstić information content (AvgIpc) is 2.30. The van der Waals surface area contributed by atoms with Crippen LogP contribution in [-0.2, 0) is 0 Å². The van der Waals surface area contributed by atoms with Gasteiger partial charge >= 0.3 is 0 Å². The summed E-state index contributed by atoms with van der Waals surface area (Å²) in [5.74, 6) is -0.284. The molecule has 1 atom stereocenters. The summed E-state index contributed by atoms with van der Waals surface area (Å²) in [6.45, 7) is 1.54. The molecule has 0 amide bonds. The van der Waals surface area contributed by atoms with Crippen molar-refractivity contribution in [1.29, 1.82) is 0 Å². The zero-order valence-corrected chi connectivity index (χ0v) is 9.12. The quantitative estimate of drug-likeness (QED) is 0.700. The van der Waals surface area contributed by atoms with Crippen molar-refractivity contribution in [2.24, 2.45) is 5.73 Å². The fourth-order valence-electron chi connectivity index (χ4n) is 2.15. The normalized spacial score (nSPS) is 21.7. The van der Waals surface area contributed by atoms with Gasteiger partial charge < -0.3 is 16.2 Å². The molecule has 0 radical (unpaired) electrons. The second-order valence-corrected chi connectivity index (χ2v) is 4.38. The number of nitrogens with two attached hydrogens (primary N) is 1. The summed E-state index contributed by atoms with van der Waals surface area (Å²) in [5.41, 5.74) is 5.97. The number of hydrogen-bond acceptors (Lipinski definition) is 3. The predicted molar refractivity (Wildman–Crippen MR) is 60.4 cm³/mol. The summed E-state index contributed by atoms with van der Waals surface area (Å²) >= 11 is 0. The maximum absolute atomic E-state index is 12.8. The van der Waals surface area contributed by atoms with Gasteiger partial charge in [0.25, 0.3) is 0 Å². The van der Waals surface area contributed by atoms with E-state index in [9.17, 15) is 9.50 Å². The highest BCUT2D eigenvalue weighted by atomic mass is 19.1. The first-order valence-electron chi connectivity index (χ1n) is 5.56. The Morgan fingerprint density at radius 3 is 2.38 bits per heavy atom. The van der Waals surface area contributed by atoms with Crippen LogP contribution in [0.4, 0.5) is 4.39 Å². The van der Waals surface area contributed by atoms with E-state index in [4.69, 9.17) is 5.73 Å². The van der Waals surface area contributed by atoms with E-state index in [1.54, 1.807) is 12.1 Å². The molecule has 0 spiro atoms. The molecule has 1 heterocycles. The van der Waals surface area contributed by atoms with E-state index in [2.05, 4.69) is 5.32 Å². The van der Waals surface area contributed by atoms with Crippen LogP contribution in [0, 0.1) is 5.82 Å². The van der Waals surface area contributed by atoms with Gasteiger partial charge in [-0.05, 0) is 43.6 Å². The monoisotopic (exact) mass is 224 g/mol. The molecule has 16 heavy (non-hydrogen) atoms. The Labute approximate surface area is 94.5 Å². The fraction of sp³-hybridized carbons (Fsp3) is 0.500. The topological polar surface area (TPSA) is 58.3 Å². The van der Waals surface area contributed by atoms with Gasteiger partial charge in [0.2, 0.25) is 0 Å². The second kappa shape index (κ2) is 4.49. The Morgan fingerprint density at radius 2 is 1.81 bits per heavy atom. The third-order valence-corrected chi connectivity index (χ3v) is 3.28. The molecule has 1 aliphatic heterocycles. The van der Waals surface area contributed by atoms with Gasteiger partial charge in [-0.15, -0.1) is 0 Å². The summed E-state index contributed by atoms with van der Waals surface area (Å²) < 4.78 is 12.8. The number of nitrogens with one attached hydrogen (secondary N) is 1. The number of halogens is 1. The molecule has 4 N–H and O–H groups in total. The summed E-state index contributed by atoms with van der Waals surface area (Å²) in [7, 11) is 0. The predicted octanol–water partition coefficient (Wildman–Crippen LogP) is 0.940. The smallest absolute Gasteiger partial charge is 0.123 e.